The second-order valence-corrected chi connectivity index (χ2v) is 7.34. The maximum absolute atomic E-state index is 12.0. The number of hydrogen-bond acceptors (Lipinski definition) is 2. The van der Waals surface area contributed by atoms with Crippen molar-refractivity contribution in [3.63, 3.8) is 0 Å². The summed E-state index contributed by atoms with van der Waals surface area (Å²) in [5, 5.41) is 0. The van der Waals surface area contributed by atoms with Crippen LogP contribution in [0.5, 0.6) is 0 Å². The quantitative estimate of drug-likeness (QED) is 0.838. The first kappa shape index (κ1) is 15.1. The smallest absolute Gasteiger partial charge is 0.148 e. The summed E-state index contributed by atoms with van der Waals surface area (Å²) < 4.78 is 12.0. The SMILES string of the molecule is CC(C)C(=O)CS(=O)c1ccc(C(C)(C)C)cc1. The molecule has 0 N–H and O–H groups in total. The fraction of sp³-hybridized carbons (Fsp3) is 0.533. The predicted octanol–water partition coefficient (Wildman–Crippen LogP) is 3.32. The van der Waals surface area contributed by atoms with Gasteiger partial charge in [-0.05, 0) is 23.1 Å². The summed E-state index contributed by atoms with van der Waals surface area (Å²) in [4.78, 5) is 12.3. The van der Waals surface area contributed by atoms with Gasteiger partial charge in [0.1, 0.15) is 5.78 Å². The van der Waals surface area contributed by atoms with Crippen molar-refractivity contribution in [3.05, 3.63) is 29.8 Å². The summed E-state index contributed by atoms with van der Waals surface area (Å²) in [6.07, 6.45) is 0. The fourth-order valence-electron chi connectivity index (χ4n) is 1.49. The average Bonchev–Trinajstić information content (AvgIpc) is 2.27. The molecule has 1 rings (SSSR count). The van der Waals surface area contributed by atoms with Gasteiger partial charge in [0.15, 0.2) is 0 Å². The van der Waals surface area contributed by atoms with Crippen LogP contribution >= 0.6 is 0 Å². The summed E-state index contributed by atoms with van der Waals surface area (Å²) >= 11 is 0. The summed E-state index contributed by atoms with van der Waals surface area (Å²) in [5.41, 5.74) is 1.30. The van der Waals surface area contributed by atoms with E-state index in [1.54, 1.807) is 0 Å². The Morgan fingerprint density at radius 1 is 1.17 bits per heavy atom. The second-order valence-electron chi connectivity index (χ2n) is 5.89. The van der Waals surface area contributed by atoms with Crippen LogP contribution < -0.4 is 0 Å². The van der Waals surface area contributed by atoms with E-state index in [4.69, 9.17) is 0 Å². The van der Waals surface area contributed by atoms with Crippen molar-refractivity contribution in [3.8, 4) is 0 Å². The Kier molecular flexibility index (Phi) is 4.85. The van der Waals surface area contributed by atoms with Crippen LogP contribution in [-0.4, -0.2) is 15.7 Å². The van der Waals surface area contributed by atoms with E-state index in [0.29, 0.717) is 0 Å². The minimum absolute atomic E-state index is 0.0493. The Morgan fingerprint density at radius 2 is 1.67 bits per heavy atom. The van der Waals surface area contributed by atoms with Crippen LogP contribution in [0.3, 0.4) is 0 Å². The summed E-state index contributed by atoms with van der Waals surface area (Å²) in [6, 6.07) is 7.72. The highest BCUT2D eigenvalue weighted by Gasteiger charge is 2.16. The first-order chi connectivity index (χ1) is 8.21. The molecule has 1 aromatic carbocycles. The van der Waals surface area contributed by atoms with E-state index >= 15 is 0 Å². The van der Waals surface area contributed by atoms with Crippen LogP contribution in [0, 0.1) is 5.92 Å². The van der Waals surface area contributed by atoms with Crippen molar-refractivity contribution < 1.29 is 9.00 Å². The van der Waals surface area contributed by atoms with Gasteiger partial charge in [-0.1, -0.05) is 46.8 Å². The first-order valence-electron chi connectivity index (χ1n) is 6.23. The van der Waals surface area contributed by atoms with Crippen LogP contribution in [0.1, 0.15) is 40.2 Å². The predicted molar refractivity (Wildman–Crippen MR) is 76.3 cm³/mol. The third-order valence-electron chi connectivity index (χ3n) is 2.90. The molecule has 0 radical (unpaired) electrons. The van der Waals surface area contributed by atoms with Crippen molar-refractivity contribution in [1.82, 2.24) is 0 Å². The van der Waals surface area contributed by atoms with Crippen LogP contribution in [0.2, 0.25) is 0 Å². The van der Waals surface area contributed by atoms with Gasteiger partial charge in [0.2, 0.25) is 0 Å². The lowest BCUT2D eigenvalue weighted by Crippen LogP contribution is -2.16. The van der Waals surface area contributed by atoms with Crippen molar-refractivity contribution in [2.45, 2.75) is 44.9 Å². The second kappa shape index (κ2) is 5.79. The zero-order chi connectivity index (χ0) is 13.9. The van der Waals surface area contributed by atoms with Gasteiger partial charge >= 0.3 is 0 Å². The zero-order valence-electron chi connectivity index (χ0n) is 11.8. The molecule has 0 saturated carbocycles. The standard InChI is InChI=1S/C15H22O2S/c1-11(2)14(16)10-18(17)13-8-6-12(7-9-13)15(3,4)5/h6-9,11H,10H2,1-5H3. The molecule has 0 aliphatic heterocycles. The fourth-order valence-corrected chi connectivity index (χ4v) is 2.68. The normalized spacial score (nSPS) is 13.7. The van der Waals surface area contributed by atoms with E-state index in [1.165, 1.54) is 5.56 Å². The van der Waals surface area contributed by atoms with Gasteiger partial charge in [-0.15, -0.1) is 0 Å². The Balaban J connectivity index is 2.80. The highest BCUT2D eigenvalue weighted by Crippen LogP contribution is 2.23. The third kappa shape index (κ3) is 4.05. The van der Waals surface area contributed by atoms with Crippen LogP contribution in [-0.2, 0) is 21.0 Å². The molecule has 0 saturated heterocycles. The van der Waals surface area contributed by atoms with Gasteiger partial charge in [-0.3, -0.25) is 9.00 Å². The maximum atomic E-state index is 12.0. The molecule has 0 aliphatic rings. The number of rotatable bonds is 4. The lowest BCUT2D eigenvalue weighted by atomic mass is 9.87. The average molecular weight is 266 g/mol. The van der Waals surface area contributed by atoms with Gasteiger partial charge in [0, 0.05) is 10.8 Å². The number of Topliss-reactive ketones (excluding diaryl/α,β-unsaturated/α-hetero) is 1. The highest BCUT2D eigenvalue weighted by atomic mass is 32.2. The molecule has 0 aliphatic carbocycles. The van der Waals surface area contributed by atoms with Gasteiger partial charge in [0.05, 0.1) is 16.6 Å². The molecule has 0 amide bonds. The summed E-state index contributed by atoms with van der Waals surface area (Å²) in [6.45, 7) is 10.1. The van der Waals surface area contributed by atoms with E-state index in [-0.39, 0.29) is 22.9 Å². The molecular weight excluding hydrogens is 244 g/mol. The molecule has 0 bridgehead atoms. The Morgan fingerprint density at radius 3 is 2.06 bits per heavy atom. The molecule has 18 heavy (non-hydrogen) atoms. The number of ketones is 1. The Hall–Kier alpha value is -0.960. The molecule has 1 aromatic rings. The van der Waals surface area contributed by atoms with Crippen molar-refractivity contribution in [2.24, 2.45) is 5.92 Å². The topological polar surface area (TPSA) is 34.1 Å². The first-order valence-corrected chi connectivity index (χ1v) is 7.55. The molecule has 0 heterocycles. The van der Waals surface area contributed by atoms with E-state index < -0.39 is 10.8 Å². The van der Waals surface area contributed by atoms with Crippen molar-refractivity contribution in [2.75, 3.05) is 5.75 Å². The number of carbonyl (C=O) groups is 1. The molecule has 100 valence electrons. The zero-order valence-corrected chi connectivity index (χ0v) is 12.6. The monoisotopic (exact) mass is 266 g/mol. The molecule has 2 nitrogen and oxygen atoms in total. The van der Waals surface area contributed by atoms with Gasteiger partial charge < -0.3 is 0 Å². The summed E-state index contributed by atoms with van der Waals surface area (Å²) in [5.74, 6) is 0.114. The minimum atomic E-state index is -1.22. The lowest BCUT2D eigenvalue weighted by molar-refractivity contribution is -0.119. The minimum Gasteiger partial charge on any atom is -0.298 e. The van der Waals surface area contributed by atoms with Crippen LogP contribution in [0.4, 0.5) is 0 Å². The molecule has 0 spiro atoms. The van der Waals surface area contributed by atoms with E-state index in [9.17, 15) is 9.00 Å². The lowest BCUT2D eigenvalue weighted by Gasteiger charge is -2.19. The molecule has 1 atom stereocenters. The molecule has 0 fully saturated rings. The number of carbonyl (C=O) groups excluding carboxylic acids is 1. The Bertz CT molecular complexity index is 439. The molecule has 1 unspecified atom stereocenters. The number of hydrogen-bond donors (Lipinski definition) is 0. The van der Waals surface area contributed by atoms with Crippen molar-refractivity contribution in [1.29, 1.82) is 0 Å². The Labute approximate surface area is 112 Å². The van der Waals surface area contributed by atoms with Crippen LogP contribution in [0.15, 0.2) is 29.2 Å². The summed E-state index contributed by atoms with van der Waals surface area (Å²) in [7, 11) is -1.22. The largest absolute Gasteiger partial charge is 0.298 e. The van der Waals surface area contributed by atoms with Gasteiger partial charge in [-0.2, -0.15) is 0 Å². The molecular formula is C15H22O2S. The number of benzene rings is 1. The van der Waals surface area contributed by atoms with E-state index in [0.717, 1.165) is 4.90 Å². The highest BCUT2D eigenvalue weighted by molar-refractivity contribution is 7.85. The van der Waals surface area contributed by atoms with Crippen molar-refractivity contribution >= 4 is 16.6 Å². The van der Waals surface area contributed by atoms with Crippen LogP contribution in [0.25, 0.3) is 0 Å². The maximum Gasteiger partial charge on any atom is 0.148 e. The van der Waals surface area contributed by atoms with E-state index in [1.807, 2.05) is 38.1 Å². The van der Waals surface area contributed by atoms with Gasteiger partial charge in [-0.25, -0.2) is 0 Å². The molecule has 0 aromatic heterocycles. The molecule has 3 heteroatoms. The third-order valence-corrected chi connectivity index (χ3v) is 4.25. The van der Waals surface area contributed by atoms with Gasteiger partial charge in [0.25, 0.3) is 0 Å². The van der Waals surface area contributed by atoms with E-state index in [2.05, 4.69) is 20.8 Å².